The molecular weight excluding hydrogens is 499 g/mol. The highest BCUT2D eigenvalue weighted by molar-refractivity contribution is 6.29. The maximum Gasteiger partial charge on any atom is 0.413 e. The number of carbonyl (C=O) groups is 2. The minimum atomic E-state index is -4.72. The lowest BCUT2D eigenvalue weighted by molar-refractivity contribution is -0.189. The molecule has 190 valence electrons. The van der Waals surface area contributed by atoms with Gasteiger partial charge in [0.15, 0.2) is 16.8 Å². The van der Waals surface area contributed by atoms with Gasteiger partial charge in [-0.2, -0.15) is 18.3 Å². The average molecular weight is 522 g/mol. The summed E-state index contributed by atoms with van der Waals surface area (Å²) in [7, 11) is 2.58. The maximum absolute atomic E-state index is 14.1. The van der Waals surface area contributed by atoms with E-state index in [4.69, 9.17) is 11.6 Å². The first kappa shape index (κ1) is 24.2. The van der Waals surface area contributed by atoms with Crippen LogP contribution in [-0.2, 0) is 11.2 Å². The molecule has 0 aliphatic carbocycles. The summed E-state index contributed by atoms with van der Waals surface area (Å²) in [6, 6.07) is 3.92. The van der Waals surface area contributed by atoms with Gasteiger partial charge in [-0.05, 0) is 30.5 Å². The van der Waals surface area contributed by atoms with Gasteiger partial charge in [-0.1, -0.05) is 23.7 Å². The number of likely N-dealkylation sites (N-methyl/N-ethyl adjacent to an activating group) is 2. The van der Waals surface area contributed by atoms with Crippen molar-refractivity contribution >= 4 is 40.6 Å². The number of aryl methyl sites for hydroxylation is 1. The molecule has 36 heavy (non-hydrogen) atoms. The van der Waals surface area contributed by atoms with E-state index in [1.54, 1.807) is 28.9 Å². The minimum Gasteiger partial charge on any atom is -0.339 e. The Hall–Kier alpha value is -3.54. The molecule has 0 radical (unpaired) electrons. The number of anilines is 2. The molecule has 13 heteroatoms. The topological polar surface area (TPSA) is 86.1 Å². The van der Waals surface area contributed by atoms with Crippen molar-refractivity contribution in [3.63, 3.8) is 0 Å². The number of fused-ring (bicyclic) bond motifs is 3. The number of halogens is 4. The molecule has 1 aromatic carbocycles. The second-order valence-electron chi connectivity index (χ2n) is 8.95. The molecule has 9 nitrogen and oxygen atoms in total. The van der Waals surface area contributed by atoms with Crippen LogP contribution in [0.5, 0.6) is 0 Å². The summed E-state index contributed by atoms with van der Waals surface area (Å²) in [5, 5.41) is 7.05. The van der Waals surface area contributed by atoms with Crippen LogP contribution in [0.1, 0.15) is 23.7 Å². The zero-order valence-corrected chi connectivity index (χ0v) is 20.2. The number of benzene rings is 1. The number of nitrogens with one attached hydrogen (secondary N) is 1. The van der Waals surface area contributed by atoms with Crippen molar-refractivity contribution in [3.05, 3.63) is 52.9 Å². The van der Waals surface area contributed by atoms with Crippen LogP contribution in [0.2, 0.25) is 5.15 Å². The molecule has 0 bridgehead atoms. The molecule has 2 atom stereocenters. The third-order valence-corrected chi connectivity index (χ3v) is 6.77. The number of urea groups is 1. The van der Waals surface area contributed by atoms with Crippen LogP contribution in [0.3, 0.4) is 0 Å². The number of amides is 3. The van der Waals surface area contributed by atoms with Gasteiger partial charge in [0.1, 0.15) is 6.04 Å². The molecule has 0 saturated carbocycles. The van der Waals surface area contributed by atoms with Gasteiger partial charge in [0.05, 0.1) is 24.1 Å². The second-order valence-corrected chi connectivity index (χ2v) is 9.34. The first-order valence-corrected chi connectivity index (χ1v) is 11.7. The summed E-state index contributed by atoms with van der Waals surface area (Å²) in [4.78, 5) is 32.8. The molecule has 5 rings (SSSR count). The number of nitrogens with zero attached hydrogens (tertiary/aromatic N) is 6. The molecule has 1 fully saturated rings. The highest BCUT2D eigenvalue weighted by Gasteiger charge is 2.47. The Bertz CT molecular complexity index is 1330. The van der Waals surface area contributed by atoms with Crippen molar-refractivity contribution < 1.29 is 22.8 Å². The van der Waals surface area contributed by atoms with Crippen LogP contribution in [0.4, 0.5) is 29.3 Å². The quantitative estimate of drug-likeness (QED) is 0.567. The van der Waals surface area contributed by atoms with Gasteiger partial charge in [0.25, 0.3) is 0 Å². The molecule has 2 aromatic heterocycles. The molecule has 0 spiro atoms. The molecule has 2 aliphatic heterocycles. The van der Waals surface area contributed by atoms with E-state index in [1.807, 2.05) is 4.90 Å². The molecule has 1 N–H and O–H groups in total. The Labute approximate surface area is 209 Å². The fourth-order valence-corrected chi connectivity index (χ4v) is 5.01. The molecule has 3 amide bonds. The largest absolute Gasteiger partial charge is 0.413 e. The maximum atomic E-state index is 14.1. The SMILES string of the molecule is CN1C[C@H](C(=O)N(C)[C@@H](c2ccc(N3CCCc4c3cnc3cc(Cl)nn43)cc2)C(F)(F)F)NC1=O. The molecule has 0 unspecified atom stereocenters. The molecular formula is C23H23ClF3N7O2. The number of rotatable bonds is 4. The Morgan fingerprint density at radius 3 is 2.64 bits per heavy atom. The fraction of sp³-hybridized carbons (Fsp3) is 0.391. The van der Waals surface area contributed by atoms with Gasteiger partial charge in [-0.3, -0.25) is 4.79 Å². The molecule has 4 heterocycles. The van der Waals surface area contributed by atoms with Crippen LogP contribution in [0, 0.1) is 0 Å². The lowest BCUT2D eigenvalue weighted by atomic mass is 10.0. The number of alkyl halides is 3. The highest BCUT2D eigenvalue weighted by atomic mass is 35.5. The van der Waals surface area contributed by atoms with Gasteiger partial charge < -0.3 is 20.0 Å². The van der Waals surface area contributed by atoms with Crippen LogP contribution in [0.25, 0.3) is 5.65 Å². The summed E-state index contributed by atoms with van der Waals surface area (Å²) in [5.74, 6) is -0.808. The summed E-state index contributed by atoms with van der Waals surface area (Å²) in [6.45, 7) is 0.660. The smallest absolute Gasteiger partial charge is 0.339 e. The molecule has 1 saturated heterocycles. The fourth-order valence-electron chi connectivity index (χ4n) is 4.84. The van der Waals surface area contributed by atoms with E-state index >= 15 is 0 Å². The summed E-state index contributed by atoms with van der Waals surface area (Å²) >= 11 is 6.04. The number of aromatic nitrogens is 3. The Balaban J connectivity index is 1.43. The standard InChI is InChI=1S/C23H23ClF3N7O2/c1-31-12-15(29-22(31)36)21(35)32(2)20(23(25,26)27)13-5-7-14(8-6-13)33-9-3-4-16-17(33)11-28-19-10-18(24)30-34(16)19/h5-8,10-11,15,20H,3-4,9,12H2,1-2H3,(H,29,36)/t15-,20+/m1/s1. The van der Waals surface area contributed by atoms with E-state index in [1.165, 1.54) is 24.1 Å². The van der Waals surface area contributed by atoms with Crippen molar-refractivity contribution in [1.29, 1.82) is 0 Å². The van der Waals surface area contributed by atoms with Crippen molar-refractivity contribution in [2.75, 3.05) is 32.1 Å². The Morgan fingerprint density at radius 1 is 1.28 bits per heavy atom. The van der Waals surface area contributed by atoms with Gasteiger partial charge in [0, 0.05) is 32.4 Å². The third kappa shape index (κ3) is 4.19. The van der Waals surface area contributed by atoms with E-state index in [-0.39, 0.29) is 12.1 Å². The predicted octanol–water partition coefficient (Wildman–Crippen LogP) is 3.55. The van der Waals surface area contributed by atoms with Gasteiger partial charge in [-0.15, -0.1) is 0 Å². The van der Waals surface area contributed by atoms with Crippen molar-refractivity contribution in [1.82, 2.24) is 29.7 Å². The first-order chi connectivity index (χ1) is 17.0. The van der Waals surface area contributed by atoms with Crippen LogP contribution in [-0.4, -0.2) is 75.7 Å². The van der Waals surface area contributed by atoms with Gasteiger partial charge in [0.2, 0.25) is 5.91 Å². The second kappa shape index (κ2) is 8.84. The first-order valence-electron chi connectivity index (χ1n) is 11.3. The highest BCUT2D eigenvalue weighted by Crippen LogP contribution is 2.39. The monoisotopic (exact) mass is 521 g/mol. The summed E-state index contributed by atoms with van der Waals surface area (Å²) in [6.07, 6.45) is -1.42. The van der Waals surface area contributed by atoms with Crippen molar-refractivity contribution in [2.45, 2.75) is 31.1 Å². The van der Waals surface area contributed by atoms with E-state index < -0.39 is 30.2 Å². The van der Waals surface area contributed by atoms with E-state index in [0.29, 0.717) is 27.9 Å². The lowest BCUT2D eigenvalue weighted by Crippen LogP contribution is -2.48. The zero-order valence-electron chi connectivity index (χ0n) is 19.5. The van der Waals surface area contributed by atoms with Gasteiger partial charge >= 0.3 is 12.2 Å². The third-order valence-electron chi connectivity index (χ3n) is 6.58. The van der Waals surface area contributed by atoms with E-state index in [2.05, 4.69) is 15.4 Å². The average Bonchev–Trinajstić information content (AvgIpc) is 3.38. The minimum absolute atomic E-state index is 0.00264. The number of hydrogen-bond acceptors (Lipinski definition) is 5. The Kier molecular flexibility index (Phi) is 5.93. The van der Waals surface area contributed by atoms with Crippen LogP contribution >= 0.6 is 11.6 Å². The normalized spacial score (nSPS) is 18.8. The van der Waals surface area contributed by atoms with E-state index in [9.17, 15) is 22.8 Å². The number of hydrogen-bond donors (Lipinski definition) is 1. The van der Waals surface area contributed by atoms with Crippen LogP contribution in [0.15, 0.2) is 36.5 Å². The number of carbonyl (C=O) groups excluding carboxylic acids is 2. The van der Waals surface area contributed by atoms with Crippen molar-refractivity contribution in [3.8, 4) is 0 Å². The molecule has 2 aliphatic rings. The van der Waals surface area contributed by atoms with Gasteiger partial charge in [-0.25, -0.2) is 14.3 Å². The van der Waals surface area contributed by atoms with Crippen LogP contribution < -0.4 is 10.2 Å². The predicted molar refractivity (Wildman–Crippen MR) is 126 cm³/mol. The lowest BCUT2D eigenvalue weighted by Gasteiger charge is -2.33. The van der Waals surface area contributed by atoms with Crippen molar-refractivity contribution in [2.24, 2.45) is 0 Å². The molecule has 3 aromatic rings. The zero-order chi connectivity index (χ0) is 25.8. The summed E-state index contributed by atoms with van der Waals surface area (Å²) in [5.41, 5.74) is 2.97. The van der Waals surface area contributed by atoms with E-state index in [0.717, 1.165) is 31.3 Å². The Morgan fingerprint density at radius 2 is 2.00 bits per heavy atom. The summed E-state index contributed by atoms with van der Waals surface area (Å²) < 4.78 is 44.1.